The van der Waals surface area contributed by atoms with E-state index in [2.05, 4.69) is 29.6 Å². The van der Waals surface area contributed by atoms with E-state index >= 15 is 0 Å². The summed E-state index contributed by atoms with van der Waals surface area (Å²) < 4.78 is 0.516. The second-order valence-electron chi connectivity index (χ2n) is 4.34. The van der Waals surface area contributed by atoms with Gasteiger partial charge in [-0.2, -0.15) is 0 Å². The average molecular weight is 297 g/mol. The Labute approximate surface area is 126 Å². The number of benzene rings is 2. The molecule has 3 rings (SSSR count). The van der Waals surface area contributed by atoms with Gasteiger partial charge in [-0.25, -0.2) is 0 Å². The Hall–Kier alpha value is -1.91. The van der Waals surface area contributed by atoms with Gasteiger partial charge in [0.05, 0.1) is 4.91 Å². The number of amides is 1. The third-order valence-electron chi connectivity index (χ3n) is 2.96. The van der Waals surface area contributed by atoms with Crippen molar-refractivity contribution in [2.45, 2.75) is 0 Å². The topological polar surface area (TPSA) is 29.1 Å². The monoisotopic (exact) mass is 297 g/mol. The highest BCUT2D eigenvalue weighted by Crippen LogP contribution is 2.26. The maximum Gasteiger partial charge on any atom is 0.263 e. The van der Waals surface area contributed by atoms with Crippen molar-refractivity contribution in [1.29, 1.82) is 0 Å². The molecule has 0 unspecified atom stereocenters. The maximum atomic E-state index is 11.6. The van der Waals surface area contributed by atoms with Crippen molar-refractivity contribution in [2.75, 3.05) is 0 Å². The molecule has 1 saturated heterocycles. The molecule has 1 aliphatic rings. The standard InChI is InChI=1S/C16H11NOS2/c18-15-14(20-16(19)17-15)10-11-6-8-13(9-7-11)12-4-2-1-3-5-12/h1-10H,(H,17,18,19)/b14-10-. The van der Waals surface area contributed by atoms with Crippen molar-refractivity contribution in [3.8, 4) is 11.1 Å². The number of carbonyl (C=O) groups is 1. The fourth-order valence-corrected chi connectivity index (χ4v) is 3.02. The minimum atomic E-state index is -0.118. The molecule has 0 aromatic heterocycles. The third-order valence-corrected chi connectivity index (χ3v) is 4.12. The number of carbonyl (C=O) groups excluding carboxylic acids is 1. The van der Waals surface area contributed by atoms with Crippen LogP contribution in [0, 0.1) is 0 Å². The van der Waals surface area contributed by atoms with E-state index in [1.807, 2.05) is 36.4 Å². The number of nitrogens with one attached hydrogen (secondary N) is 1. The van der Waals surface area contributed by atoms with Crippen molar-refractivity contribution in [2.24, 2.45) is 0 Å². The zero-order chi connectivity index (χ0) is 13.9. The van der Waals surface area contributed by atoms with Crippen molar-refractivity contribution >= 4 is 40.3 Å². The molecule has 1 aliphatic heterocycles. The number of thioether (sulfide) groups is 1. The lowest BCUT2D eigenvalue weighted by Gasteiger charge is -2.02. The number of thiocarbonyl (C=S) groups is 1. The van der Waals surface area contributed by atoms with Gasteiger partial charge in [0.25, 0.3) is 5.91 Å². The van der Waals surface area contributed by atoms with E-state index in [4.69, 9.17) is 12.2 Å². The van der Waals surface area contributed by atoms with E-state index < -0.39 is 0 Å². The van der Waals surface area contributed by atoms with Crippen LogP contribution < -0.4 is 5.32 Å². The van der Waals surface area contributed by atoms with Gasteiger partial charge in [-0.05, 0) is 22.8 Å². The summed E-state index contributed by atoms with van der Waals surface area (Å²) in [6, 6.07) is 18.3. The molecule has 0 bridgehead atoms. The Balaban J connectivity index is 1.86. The fourth-order valence-electron chi connectivity index (χ4n) is 1.97. The van der Waals surface area contributed by atoms with E-state index in [0.717, 1.165) is 11.1 Å². The van der Waals surface area contributed by atoms with Crippen molar-refractivity contribution < 1.29 is 4.79 Å². The van der Waals surface area contributed by atoms with Gasteiger partial charge in [-0.15, -0.1) is 0 Å². The molecule has 1 heterocycles. The minimum absolute atomic E-state index is 0.118. The predicted octanol–water partition coefficient (Wildman–Crippen LogP) is 3.84. The van der Waals surface area contributed by atoms with Gasteiger partial charge in [-0.3, -0.25) is 4.79 Å². The van der Waals surface area contributed by atoms with E-state index in [1.54, 1.807) is 0 Å². The van der Waals surface area contributed by atoms with E-state index in [-0.39, 0.29) is 5.91 Å². The average Bonchev–Trinajstić information content (AvgIpc) is 2.79. The first-order valence-electron chi connectivity index (χ1n) is 6.13. The molecule has 4 heteroatoms. The summed E-state index contributed by atoms with van der Waals surface area (Å²) in [6.07, 6.45) is 1.86. The first-order chi connectivity index (χ1) is 9.72. The highest BCUT2D eigenvalue weighted by molar-refractivity contribution is 8.26. The Kier molecular flexibility index (Phi) is 3.67. The molecule has 0 spiro atoms. The Morgan fingerprint density at radius 3 is 2.20 bits per heavy atom. The second kappa shape index (κ2) is 5.61. The summed E-state index contributed by atoms with van der Waals surface area (Å²) in [5.74, 6) is -0.118. The SMILES string of the molecule is O=C1NC(=S)S/C1=C\c1ccc(-c2ccccc2)cc1. The van der Waals surface area contributed by atoms with E-state index in [1.165, 1.54) is 17.3 Å². The van der Waals surface area contributed by atoms with Gasteiger partial charge < -0.3 is 5.32 Å². The van der Waals surface area contributed by atoms with Crippen molar-refractivity contribution in [3.63, 3.8) is 0 Å². The Morgan fingerprint density at radius 2 is 1.60 bits per heavy atom. The number of hydrogen-bond donors (Lipinski definition) is 1. The lowest BCUT2D eigenvalue weighted by molar-refractivity contribution is -0.115. The van der Waals surface area contributed by atoms with Gasteiger partial charge in [-0.1, -0.05) is 78.6 Å². The molecule has 0 aliphatic carbocycles. The van der Waals surface area contributed by atoms with Crippen LogP contribution in [0.15, 0.2) is 59.5 Å². The molecular formula is C16H11NOS2. The molecular weight excluding hydrogens is 286 g/mol. The Morgan fingerprint density at radius 1 is 0.950 bits per heavy atom. The van der Waals surface area contributed by atoms with Crippen LogP contribution in [-0.4, -0.2) is 10.2 Å². The van der Waals surface area contributed by atoms with E-state index in [9.17, 15) is 4.79 Å². The summed E-state index contributed by atoms with van der Waals surface area (Å²) in [6.45, 7) is 0. The van der Waals surface area contributed by atoms with Crippen LogP contribution in [0.25, 0.3) is 17.2 Å². The first-order valence-corrected chi connectivity index (χ1v) is 7.35. The van der Waals surface area contributed by atoms with Crippen LogP contribution >= 0.6 is 24.0 Å². The van der Waals surface area contributed by atoms with Crippen LogP contribution in [0.2, 0.25) is 0 Å². The van der Waals surface area contributed by atoms with Gasteiger partial charge in [0.1, 0.15) is 4.32 Å². The fraction of sp³-hybridized carbons (Fsp3) is 0. The molecule has 0 saturated carbocycles. The summed E-state index contributed by atoms with van der Waals surface area (Å²) in [5.41, 5.74) is 3.33. The van der Waals surface area contributed by atoms with Gasteiger partial charge in [0.15, 0.2) is 0 Å². The van der Waals surface area contributed by atoms with Crippen LogP contribution in [0.5, 0.6) is 0 Å². The van der Waals surface area contributed by atoms with Gasteiger partial charge >= 0.3 is 0 Å². The first kappa shape index (κ1) is 13.1. The lowest BCUT2D eigenvalue weighted by Crippen LogP contribution is -2.17. The summed E-state index contributed by atoms with van der Waals surface area (Å²) in [4.78, 5) is 12.2. The molecule has 2 aromatic rings. The molecule has 1 amide bonds. The molecule has 0 atom stereocenters. The molecule has 2 nitrogen and oxygen atoms in total. The van der Waals surface area contributed by atoms with Crippen LogP contribution in [0.3, 0.4) is 0 Å². The van der Waals surface area contributed by atoms with Crippen molar-refractivity contribution in [1.82, 2.24) is 5.32 Å². The molecule has 0 radical (unpaired) electrons. The zero-order valence-electron chi connectivity index (χ0n) is 10.5. The zero-order valence-corrected chi connectivity index (χ0v) is 12.1. The molecule has 1 fully saturated rings. The highest BCUT2D eigenvalue weighted by atomic mass is 32.2. The normalized spacial score (nSPS) is 16.5. The van der Waals surface area contributed by atoms with Crippen LogP contribution in [0.4, 0.5) is 0 Å². The Bertz CT molecular complexity index is 690. The van der Waals surface area contributed by atoms with Crippen LogP contribution in [0.1, 0.15) is 5.56 Å². The van der Waals surface area contributed by atoms with Gasteiger partial charge in [0.2, 0.25) is 0 Å². The van der Waals surface area contributed by atoms with E-state index in [0.29, 0.717) is 9.23 Å². The molecule has 98 valence electrons. The summed E-state index contributed by atoms with van der Waals surface area (Å²) in [7, 11) is 0. The summed E-state index contributed by atoms with van der Waals surface area (Å²) >= 11 is 6.27. The smallest absolute Gasteiger partial charge is 0.263 e. The van der Waals surface area contributed by atoms with Crippen LogP contribution in [-0.2, 0) is 4.79 Å². The third kappa shape index (κ3) is 2.81. The quantitative estimate of drug-likeness (QED) is 0.674. The number of hydrogen-bond acceptors (Lipinski definition) is 3. The van der Waals surface area contributed by atoms with Gasteiger partial charge in [0, 0.05) is 0 Å². The summed E-state index contributed by atoms with van der Waals surface area (Å²) in [5, 5.41) is 2.61. The molecule has 2 aromatic carbocycles. The maximum absolute atomic E-state index is 11.6. The number of rotatable bonds is 2. The largest absolute Gasteiger partial charge is 0.307 e. The predicted molar refractivity (Wildman–Crippen MR) is 88.2 cm³/mol. The molecule has 1 N–H and O–H groups in total. The lowest BCUT2D eigenvalue weighted by atomic mass is 10.0. The highest BCUT2D eigenvalue weighted by Gasteiger charge is 2.21. The van der Waals surface area contributed by atoms with Crippen molar-refractivity contribution in [3.05, 3.63) is 65.1 Å². The second-order valence-corrected chi connectivity index (χ2v) is 6.06. The minimum Gasteiger partial charge on any atom is -0.307 e. The molecule has 20 heavy (non-hydrogen) atoms.